The second-order valence-corrected chi connectivity index (χ2v) is 5.76. The fraction of sp³-hybridized carbons (Fsp3) is 0.214. The quantitative estimate of drug-likeness (QED) is 0.830. The Balaban J connectivity index is 2.19. The lowest BCUT2D eigenvalue weighted by Gasteiger charge is -2.13. The van der Waals surface area contributed by atoms with Gasteiger partial charge >= 0.3 is 0 Å². The maximum atomic E-state index is 5.84. The van der Waals surface area contributed by atoms with Gasteiger partial charge in [0.15, 0.2) is 0 Å². The first-order valence-electron chi connectivity index (χ1n) is 5.94. The van der Waals surface area contributed by atoms with Crippen LogP contribution >= 0.6 is 31.9 Å². The van der Waals surface area contributed by atoms with E-state index in [4.69, 9.17) is 15.2 Å². The number of hydrogen-bond donors (Lipinski definition) is 1. The zero-order chi connectivity index (χ0) is 14.5. The third kappa shape index (κ3) is 3.50. The van der Waals surface area contributed by atoms with Gasteiger partial charge in [0, 0.05) is 12.7 Å². The first-order chi connectivity index (χ1) is 9.65. The third-order valence-corrected chi connectivity index (χ3v) is 3.89. The predicted molar refractivity (Wildman–Crippen MR) is 84.9 cm³/mol. The van der Waals surface area contributed by atoms with E-state index >= 15 is 0 Å². The van der Waals surface area contributed by atoms with Crippen LogP contribution in [0.4, 0.5) is 0 Å². The van der Waals surface area contributed by atoms with E-state index in [1.807, 2.05) is 24.3 Å². The molecule has 1 aromatic carbocycles. The number of benzene rings is 1. The van der Waals surface area contributed by atoms with E-state index in [0.29, 0.717) is 19.0 Å². The summed E-state index contributed by atoms with van der Waals surface area (Å²) >= 11 is 6.98. The van der Waals surface area contributed by atoms with Crippen molar-refractivity contribution in [3.05, 3.63) is 50.5 Å². The summed E-state index contributed by atoms with van der Waals surface area (Å²) in [6.07, 6.45) is 1.68. The Labute approximate surface area is 134 Å². The van der Waals surface area contributed by atoms with Crippen molar-refractivity contribution < 1.29 is 9.47 Å². The van der Waals surface area contributed by atoms with Crippen molar-refractivity contribution in [2.75, 3.05) is 7.11 Å². The Morgan fingerprint density at radius 2 is 1.95 bits per heavy atom. The summed E-state index contributed by atoms with van der Waals surface area (Å²) in [6.45, 7) is 0.851. The van der Waals surface area contributed by atoms with Crippen LogP contribution in [-0.4, -0.2) is 12.1 Å². The molecule has 0 aliphatic heterocycles. The summed E-state index contributed by atoms with van der Waals surface area (Å²) in [5.74, 6) is 1.30. The van der Waals surface area contributed by atoms with Crippen LogP contribution in [0, 0.1) is 0 Å². The minimum absolute atomic E-state index is 0.371. The van der Waals surface area contributed by atoms with Crippen LogP contribution in [0.25, 0.3) is 0 Å². The zero-order valence-electron chi connectivity index (χ0n) is 10.9. The molecule has 2 rings (SSSR count). The Morgan fingerprint density at radius 1 is 1.25 bits per heavy atom. The molecule has 0 aliphatic carbocycles. The Kier molecular flexibility index (Phi) is 5.39. The van der Waals surface area contributed by atoms with Crippen molar-refractivity contribution >= 4 is 31.9 Å². The van der Waals surface area contributed by atoms with E-state index in [9.17, 15) is 0 Å². The van der Waals surface area contributed by atoms with Crippen LogP contribution in [0.3, 0.4) is 0 Å². The lowest BCUT2D eigenvalue weighted by molar-refractivity contribution is 0.290. The fourth-order valence-electron chi connectivity index (χ4n) is 1.74. The number of halogens is 2. The van der Waals surface area contributed by atoms with Crippen LogP contribution in [0.2, 0.25) is 0 Å². The van der Waals surface area contributed by atoms with Crippen molar-refractivity contribution in [2.45, 2.75) is 13.2 Å². The highest BCUT2D eigenvalue weighted by atomic mass is 79.9. The topological polar surface area (TPSA) is 57.4 Å². The SMILES string of the molecule is COc1ncccc1COc1c(Br)cc(CN)cc1Br. The second kappa shape index (κ2) is 7.06. The lowest BCUT2D eigenvalue weighted by atomic mass is 10.2. The van der Waals surface area contributed by atoms with Crippen LogP contribution in [0.5, 0.6) is 11.6 Å². The summed E-state index contributed by atoms with van der Waals surface area (Å²) in [7, 11) is 1.59. The molecule has 20 heavy (non-hydrogen) atoms. The molecule has 1 aromatic heterocycles. The van der Waals surface area contributed by atoms with Gasteiger partial charge in [0.05, 0.1) is 21.6 Å². The van der Waals surface area contributed by atoms with Gasteiger partial charge in [-0.25, -0.2) is 4.98 Å². The zero-order valence-corrected chi connectivity index (χ0v) is 14.1. The molecular weight excluding hydrogens is 388 g/mol. The number of methoxy groups -OCH3 is 1. The molecule has 0 aliphatic rings. The number of pyridine rings is 1. The minimum Gasteiger partial charge on any atom is -0.486 e. The summed E-state index contributed by atoms with van der Waals surface area (Å²) in [6, 6.07) is 7.66. The van der Waals surface area contributed by atoms with Gasteiger partial charge in [0.2, 0.25) is 5.88 Å². The standard InChI is InChI=1S/C14H14Br2N2O2/c1-19-14-10(3-2-4-18-14)8-20-13-11(15)5-9(7-17)6-12(13)16/h2-6H,7-8,17H2,1H3. The molecule has 0 spiro atoms. The van der Waals surface area contributed by atoms with Gasteiger partial charge in [0.25, 0.3) is 0 Å². The molecule has 0 fully saturated rings. The van der Waals surface area contributed by atoms with Gasteiger partial charge < -0.3 is 15.2 Å². The van der Waals surface area contributed by atoms with Gasteiger partial charge in [-0.3, -0.25) is 0 Å². The third-order valence-electron chi connectivity index (χ3n) is 2.71. The molecule has 2 aromatic rings. The number of hydrogen-bond acceptors (Lipinski definition) is 4. The first-order valence-corrected chi connectivity index (χ1v) is 7.53. The maximum Gasteiger partial charge on any atom is 0.219 e. The molecule has 2 N–H and O–H groups in total. The van der Waals surface area contributed by atoms with Gasteiger partial charge in [-0.15, -0.1) is 0 Å². The molecule has 106 valence electrons. The van der Waals surface area contributed by atoms with Crippen molar-refractivity contribution in [3.8, 4) is 11.6 Å². The molecule has 0 saturated heterocycles. The summed E-state index contributed by atoms with van der Waals surface area (Å²) < 4.78 is 12.8. The summed E-state index contributed by atoms with van der Waals surface area (Å²) in [4.78, 5) is 4.14. The Morgan fingerprint density at radius 3 is 2.55 bits per heavy atom. The first kappa shape index (κ1) is 15.3. The molecule has 4 nitrogen and oxygen atoms in total. The molecule has 6 heteroatoms. The van der Waals surface area contributed by atoms with Gasteiger partial charge in [-0.05, 0) is 61.7 Å². The lowest BCUT2D eigenvalue weighted by Crippen LogP contribution is -2.02. The largest absolute Gasteiger partial charge is 0.486 e. The highest BCUT2D eigenvalue weighted by Crippen LogP contribution is 2.35. The van der Waals surface area contributed by atoms with Crippen LogP contribution in [0.1, 0.15) is 11.1 Å². The number of ether oxygens (including phenoxy) is 2. The van der Waals surface area contributed by atoms with Crippen molar-refractivity contribution in [1.82, 2.24) is 4.98 Å². The van der Waals surface area contributed by atoms with E-state index in [1.54, 1.807) is 13.3 Å². The molecule has 0 radical (unpaired) electrons. The maximum absolute atomic E-state index is 5.84. The highest BCUT2D eigenvalue weighted by Gasteiger charge is 2.11. The van der Waals surface area contributed by atoms with Gasteiger partial charge in [-0.1, -0.05) is 0 Å². The summed E-state index contributed by atoms with van der Waals surface area (Å²) in [5, 5.41) is 0. The van der Waals surface area contributed by atoms with Crippen molar-refractivity contribution in [2.24, 2.45) is 5.73 Å². The van der Waals surface area contributed by atoms with Crippen molar-refractivity contribution in [1.29, 1.82) is 0 Å². The van der Waals surface area contributed by atoms with Crippen molar-refractivity contribution in [3.63, 3.8) is 0 Å². The monoisotopic (exact) mass is 400 g/mol. The van der Waals surface area contributed by atoms with Crippen LogP contribution in [0.15, 0.2) is 39.4 Å². The van der Waals surface area contributed by atoms with E-state index in [-0.39, 0.29) is 0 Å². The minimum atomic E-state index is 0.371. The average molecular weight is 402 g/mol. The van der Waals surface area contributed by atoms with E-state index in [1.165, 1.54) is 0 Å². The number of nitrogens with zero attached hydrogens (tertiary/aromatic N) is 1. The van der Waals surface area contributed by atoms with Crippen LogP contribution in [-0.2, 0) is 13.2 Å². The molecule has 0 bridgehead atoms. The van der Waals surface area contributed by atoms with Gasteiger partial charge in [0.1, 0.15) is 12.4 Å². The number of aromatic nitrogens is 1. The smallest absolute Gasteiger partial charge is 0.219 e. The summed E-state index contributed by atoms with van der Waals surface area (Å²) in [5.41, 5.74) is 7.54. The molecule has 0 saturated carbocycles. The predicted octanol–water partition coefficient (Wildman–Crippen LogP) is 3.65. The van der Waals surface area contributed by atoms with Crippen LogP contribution < -0.4 is 15.2 Å². The molecular formula is C14H14Br2N2O2. The Bertz CT molecular complexity index is 582. The molecule has 0 amide bonds. The highest BCUT2D eigenvalue weighted by molar-refractivity contribution is 9.11. The normalized spacial score (nSPS) is 10.4. The second-order valence-electron chi connectivity index (χ2n) is 4.05. The fourth-order valence-corrected chi connectivity index (χ4v) is 3.25. The molecule has 1 heterocycles. The van der Waals surface area contributed by atoms with E-state index < -0.39 is 0 Å². The average Bonchev–Trinajstić information content (AvgIpc) is 2.46. The van der Waals surface area contributed by atoms with Gasteiger partial charge in [-0.2, -0.15) is 0 Å². The molecule has 0 unspecified atom stereocenters. The Hall–Kier alpha value is -1.11. The number of rotatable bonds is 5. The van der Waals surface area contributed by atoms with E-state index in [0.717, 1.165) is 25.8 Å². The van der Waals surface area contributed by atoms with E-state index in [2.05, 4.69) is 36.8 Å². The molecule has 0 atom stereocenters. The number of nitrogens with two attached hydrogens (primary N) is 1.